The number of amides is 1. The van der Waals surface area contributed by atoms with Crippen LogP contribution in [0.15, 0.2) is 24.3 Å². The Morgan fingerprint density at radius 3 is 2.95 bits per heavy atom. The molecule has 1 fully saturated rings. The van der Waals surface area contributed by atoms with Crippen LogP contribution < -0.4 is 10.6 Å². The Kier molecular flexibility index (Phi) is 5.83. The zero-order chi connectivity index (χ0) is 14.4. The van der Waals surface area contributed by atoms with Crippen molar-refractivity contribution >= 4 is 23.2 Å². The van der Waals surface area contributed by atoms with Gasteiger partial charge in [-0.2, -0.15) is 0 Å². The fourth-order valence-electron chi connectivity index (χ4n) is 2.57. The van der Waals surface area contributed by atoms with E-state index < -0.39 is 0 Å². The first kappa shape index (κ1) is 15.3. The number of benzene rings is 1. The smallest absolute Gasteiger partial charge is 0.225 e. The molecule has 0 aromatic heterocycles. The number of rotatable bonds is 6. The maximum atomic E-state index is 12.0. The molecular formula is C15H22ClN3O. The van der Waals surface area contributed by atoms with Crippen molar-refractivity contribution in [3.05, 3.63) is 29.3 Å². The van der Waals surface area contributed by atoms with Gasteiger partial charge in [0, 0.05) is 25.6 Å². The Morgan fingerprint density at radius 2 is 2.30 bits per heavy atom. The molecule has 110 valence electrons. The number of hydrogen-bond acceptors (Lipinski definition) is 3. The maximum Gasteiger partial charge on any atom is 0.225 e. The van der Waals surface area contributed by atoms with E-state index in [1.165, 1.54) is 6.42 Å². The summed E-state index contributed by atoms with van der Waals surface area (Å²) in [6, 6.07) is 7.87. The summed E-state index contributed by atoms with van der Waals surface area (Å²) in [7, 11) is 0. The molecule has 1 aromatic rings. The Balaban J connectivity index is 1.80. The van der Waals surface area contributed by atoms with Crippen molar-refractivity contribution in [3.63, 3.8) is 0 Å². The highest BCUT2D eigenvalue weighted by atomic mass is 35.5. The third-order valence-electron chi connectivity index (χ3n) is 3.73. The standard InChI is InChI=1S/C15H22ClN3O/c1-2-19(12-7-9-17-11-12)10-8-15(20)18-14-6-4-3-5-13(14)16/h3-6,12,17H,2,7-11H2,1H3,(H,18,20). The summed E-state index contributed by atoms with van der Waals surface area (Å²) in [6.45, 7) is 6.02. The lowest BCUT2D eigenvalue weighted by Crippen LogP contribution is -2.38. The van der Waals surface area contributed by atoms with Gasteiger partial charge in [-0.3, -0.25) is 9.69 Å². The van der Waals surface area contributed by atoms with Crippen LogP contribution in [0.2, 0.25) is 5.02 Å². The van der Waals surface area contributed by atoms with Gasteiger partial charge < -0.3 is 10.6 Å². The highest BCUT2D eigenvalue weighted by Crippen LogP contribution is 2.20. The highest BCUT2D eigenvalue weighted by molar-refractivity contribution is 6.33. The zero-order valence-corrected chi connectivity index (χ0v) is 12.6. The highest BCUT2D eigenvalue weighted by Gasteiger charge is 2.21. The van der Waals surface area contributed by atoms with Crippen LogP contribution in [0, 0.1) is 0 Å². The molecule has 1 amide bonds. The quantitative estimate of drug-likeness (QED) is 0.847. The number of carbonyl (C=O) groups excluding carboxylic acids is 1. The number of para-hydroxylation sites is 1. The molecule has 1 atom stereocenters. The number of carbonyl (C=O) groups is 1. The number of nitrogens with one attached hydrogen (secondary N) is 2. The predicted octanol–water partition coefficient (Wildman–Crippen LogP) is 2.35. The van der Waals surface area contributed by atoms with Crippen molar-refractivity contribution in [2.45, 2.75) is 25.8 Å². The third-order valence-corrected chi connectivity index (χ3v) is 4.06. The van der Waals surface area contributed by atoms with Gasteiger partial charge in [0.15, 0.2) is 0 Å². The number of halogens is 1. The first-order valence-electron chi connectivity index (χ1n) is 7.20. The molecule has 1 aliphatic rings. The summed E-state index contributed by atoms with van der Waals surface area (Å²) in [5.74, 6) is 0.0162. The molecule has 1 unspecified atom stereocenters. The van der Waals surface area contributed by atoms with E-state index >= 15 is 0 Å². The summed E-state index contributed by atoms with van der Waals surface area (Å²) in [6.07, 6.45) is 1.66. The SMILES string of the molecule is CCN(CCC(=O)Nc1ccccc1Cl)C1CCNC1. The van der Waals surface area contributed by atoms with E-state index in [-0.39, 0.29) is 5.91 Å². The second-order valence-corrected chi connectivity index (χ2v) is 5.46. The molecule has 0 radical (unpaired) electrons. The van der Waals surface area contributed by atoms with Crippen LogP contribution in [-0.4, -0.2) is 43.0 Å². The molecule has 0 spiro atoms. The van der Waals surface area contributed by atoms with Gasteiger partial charge in [0.2, 0.25) is 5.91 Å². The summed E-state index contributed by atoms with van der Waals surface area (Å²) < 4.78 is 0. The van der Waals surface area contributed by atoms with Crippen molar-refractivity contribution in [2.75, 3.05) is 31.5 Å². The lowest BCUT2D eigenvalue weighted by molar-refractivity contribution is -0.116. The largest absolute Gasteiger partial charge is 0.325 e. The Labute approximate surface area is 125 Å². The van der Waals surface area contributed by atoms with Crippen molar-refractivity contribution in [2.24, 2.45) is 0 Å². The van der Waals surface area contributed by atoms with Crippen molar-refractivity contribution in [3.8, 4) is 0 Å². The first-order valence-corrected chi connectivity index (χ1v) is 7.57. The van der Waals surface area contributed by atoms with Gasteiger partial charge in [-0.15, -0.1) is 0 Å². The molecule has 1 heterocycles. The topological polar surface area (TPSA) is 44.4 Å². The van der Waals surface area contributed by atoms with Gasteiger partial charge in [0.05, 0.1) is 10.7 Å². The fourth-order valence-corrected chi connectivity index (χ4v) is 2.75. The molecule has 4 nitrogen and oxygen atoms in total. The lowest BCUT2D eigenvalue weighted by atomic mass is 10.2. The molecule has 1 aliphatic heterocycles. The van der Waals surface area contributed by atoms with E-state index in [9.17, 15) is 4.79 Å². The molecule has 20 heavy (non-hydrogen) atoms. The van der Waals surface area contributed by atoms with Crippen LogP contribution in [-0.2, 0) is 4.79 Å². The maximum absolute atomic E-state index is 12.0. The van der Waals surface area contributed by atoms with Crippen LogP contribution in [0.5, 0.6) is 0 Å². The fraction of sp³-hybridized carbons (Fsp3) is 0.533. The van der Waals surface area contributed by atoms with Gasteiger partial charge in [-0.25, -0.2) is 0 Å². The average Bonchev–Trinajstić information content (AvgIpc) is 2.96. The van der Waals surface area contributed by atoms with Crippen LogP contribution >= 0.6 is 11.6 Å². The lowest BCUT2D eigenvalue weighted by Gasteiger charge is -2.26. The summed E-state index contributed by atoms with van der Waals surface area (Å²) >= 11 is 6.03. The molecule has 1 aromatic carbocycles. The number of anilines is 1. The molecule has 2 rings (SSSR count). The Hall–Kier alpha value is -1.10. The summed E-state index contributed by atoms with van der Waals surface area (Å²) in [5, 5.41) is 6.81. The van der Waals surface area contributed by atoms with Gasteiger partial charge in [0.25, 0.3) is 0 Å². The molecule has 0 bridgehead atoms. The van der Waals surface area contributed by atoms with E-state index in [1.54, 1.807) is 6.07 Å². The molecule has 0 aliphatic carbocycles. The monoisotopic (exact) mass is 295 g/mol. The predicted molar refractivity (Wildman–Crippen MR) is 83.2 cm³/mol. The summed E-state index contributed by atoms with van der Waals surface area (Å²) in [5.41, 5.74) is 0.685. The van der Waals surface area contributed by atoms with Gasteiger partial charge in [-0.05, 0) is 31.6 Å². The van der Waals surface area contributed by atoms with Gasteiger partial charge >= 0.3 is 0 Å². The molecular weight excluding hydrogens is 274 g/mol. The molecule has 2 N–H and O–H groups in total. The number of hydrogen-bond donors (Lipinski definition) is 2. The van der Waals surface area contributed by atoms with Gasteiger partial charge in [0.1, 0.15) is 0 Å². The molecule has 0 saturated carbocycles. The summed E-state index contributed by atoms with van der Waals surface area (Å²) in [4.78, 5) is 14.4. The van der Waals surface area contributed by atoms with Crippen molar-refractivity contribution < 1.29 is 4.79 Å². The van der Waals surface area contributed by atoms with Crippen molar-refractivity contribution in [1.29, 1.82) is 0 Å². The van der Waals surface area contributed by atoms with E-state index in [0.717, 1.165) is 26.2 Å². The van der Waals surface area contributed by atoms with E-state index in [1.807, 2.05) is 18.2 Å². The molecule has 1 saturated heterocycles. The third kappa shape index (κ3) is 4.20. The van der Waals surface area contributed by atoms with Gasteiger partial charge in [-0.1, -0.05) is 30.7 Å². The molecule has 5 heteroatoms. The first-order chi connectivity index (χ1) is 9.70. The average molecular weight is 296 g/mol. The van der Waals surface area contributed by atoms with E-state index in [2.05, 4.69) is 22.5 Å². The minimum atomic E-state index is 0.0162. The van der Waals surface area contributed by atoms with Crippen molar-refractivity contribution in [1.82, 2.24) is 10.2 Å². The number of nitrogens with zero attached hydrogens (tertiary/aromatic N) is 1. The zero-order valence-electron chi connectivity index (χ0n) is 11.9. The van der Waals surface area contributed by atoms with E-state index in [0.29, 0.717) is 23.2 Å². The van der Waals surface area contributed by atoms with E-state index in [4.69, 9.17) is 11.6 Å². The van der Waals surface area contributed by atoms with Crippen LogP contribution in [0.3, 0.4) is 0 Å². The Morgan fingerprint density at radius 1 is 1.50 bits per heavy atom. The number of likely N-dealkylation sites (N-methyl/N-ethyl adjacent to an activating group) is 1. The second-order valence-electron chi connectivity index (χ2n) is 5.05. The van der Waals surface area contributed by atoms with Crippen LogP contribution in [0.1, 0.15) is 19.8 Å². The minimum absolute atomic E-state index is 0.0162. The minimum Gasteiger partial charge on any atom is -0.325 e. The Bertz CT molecular complexity index is 446. The normalized spacial score (nSPS) is 18.4. The van der Waals surface area contributed by atoms with Crippen LogP contribution in [0.4, 0.5) is 5.69 Å². The second kappa shape index (κ2) is 7.62. The van der Waals surface area contributed by atoms with Crippen LogP contribution in [0.25, 0.3) is 0 Å².